The second-order valence-corrected chi connectivity index (χ2v) is 8.72. The number of aliphatic hydroxyl groups excluding tert-OH is 1. The maximum atomic E-state index is 12.5. The van der Waals surface area contributed by atoms with Crippen LogP contribution in [0.2, 0.25) is 0 Å². The molecule has 0 radical (unpaired) electrons. The van der Waals surface area contributed by atoms with Gasteiger partial charge in [0.05, 0.1) is 12.6 Å². The van der Waals surface area contributed by atoms with Crippen LogP contribution in [-0.4, -0.2) is 46.1 Å². The number of morpholine rings is 1. The molecule has 2 aliphatic rings. The van der Waals surface area contributed by atoms with Crippen LogP contribution in [0.25, 0.3) is 0 Å². The first-order valence-electron chi connectivity index (χ1n) is 11.4. The summed E-state index contributed by atoms with van der Waals surface area (Å²) in [5, 5.41) is 13.0. The lowest BCUT2D eigenvalue weighted by atomic mass is 9.98. The predicted octanol–water partition coefficient (Wildman–Crippen LogP) is 3.45. The third-order valence-corrected chi connectivity index (χ3v) is 6.50. The summed E-state index contributed by atoms with van der Waals surface area (Å²) >= 11 is 0. The van der Waals surface area contributed by atoms with Crippen molar-refractivity contribution in [2.45, 2.75) is 57.2 Å². The Balaban J connectivity index is 1.38. The van der Waals surface area contributed by atoms with Gasteiger partial charge in [0, 0.05) is 31.0 Å². The van der Waals surface area contributed by atoms with Crippen molar-refractivity contribution in [2.24, 2.45) is 5.92 Å². The third-order valence-electron chi connectivity index (χ3n) is 6.50. The highest BCUT2D eigenvalue weighted by Crippen LogP contribution is 2.31. The summed E-state index contributed by atoms with van der Waals surface area (Å²) in [4.78, 5) is 30.6. The Hall–Kier alpha value is -2.77. The molecule has 2 N–H and O–H groups in total. The molecule has 7 heteroatoms. The zero-order valence-electron chi connectivity index (χ0n) is 18.3. The molecule has 2 heterocycles. The quantitative estimate of drug-likeness (QED) is 0.660. The minimum Gasteiger partial charge on any atom is -0.394 e. The summed E-state index contributed by atoms with van der Waals surface area (Å²) in [7, 11) is 0. The van der Waals surface area contributed by atoms with E-state index in [1.807, 2.05) is 36.4 Å². The van der Waals surface area contributed by atoms with E-state index in [1.54, 1.807) is 17.3 Å². The van der Waals surface area contributed by atoms with Crippen LogP contribution in [0.5, 0.6) is 0 Å². The number of pyridine rings is 1. The third kappa shape index (κ3) is 5.53. The van der Waals surface area contributed by atoms with Gasteiger partial charge in [-0.3, -0.25) is 14.6 Å². The molecule has 170 valence electrons. The number of aliphatic hydroxyl groups is 1. The normalized spacial score (nSPS) is 21.7. The lowest BCUT2D eigenvalue weighted by Crippen LogP contribution is -2.52. The molecule has 1 aliphatic carbocycles. The Morgan fingerprint density at radius 3 is 2.66 bits per heavy atom. The van der Waals surface area contributed by atoms with E-state index in [1.165, 1.54) is 25.7 Å². The second kappa shape index (κ2) is 10.7. The van der Waals surface area contributed by atoms with Gasteiger partial charge in [0.15, 0.2) is 0 Å². The number of carbonyl (C=O) groups is 2. The summed E-state index contributed by atoms with van der Waals surface area (Å²) in [5.41, 5.74) is 2.50. The Kier molecular flexibility index (Phi) is 7.50. The van der Waals surface area contributed by atoms with Crippen molar-refractivity contribution in [2.75, 3.05) is 18.5 Å². The number of anilines is 1. The van der Waals surface area contributed by atoms with Gasteiger partial charge in [-0.2, -0.15) is 0 Å². The number of benzene rings is 1. The smallest absolute Gasteiger partial charge is 0.249 e. The van der Waals surface area contributed by atoms with Crippen LogP contribution in [-0.2, 0) is 20.9 Å². The summed E-state index contributed by atoms with van der Waals surface area (Å²) in [6, 6.07) is 10.7. The Morgan fingerprint density at radius 1 is 1.19 bits per heavy atom. The average molecular weight is 438 g/mol. The summed E-state index contributed by atoms with van der Waals surface area (Å²) in [6.45, 7) is 0.115. The molecular weight excluding hydrogens is 406 g/mol. The van der Waals surface area contributed by atoms with Crippen molar-refractivity contribution in [3.8, 4) is 0 Å². The SMILES string of the molecule is O=C(CCC1CCCC1)Nc1ccc([C@H]2OCC(=O)N(Cc3cccnc3)[C@@H]2CO)cc1. The molecular formula is C25H31N3O4. The van der Waals surface area contributed by atoms with Crippen LogP contribution in [0, 0.1) is 5.92 Å². The maximum Gasteiger partial charge on any atom is 0.249 e. The largest absolute Gasteiger partial charge is 0.394 e. The van der Waals surface area contributed by atoms with E-state index in [-0.39, 0.29) is 25.0 Å². The number of aromatic nitrogens is 1. The van der Waals surface area contributed by atoms with Gasteiger partial charge in [-0.25, -0.2) is 0 Å². The highest BCUT2D eigenvalue weighted by molar-refractivity contribution is 5.90. The van der Waals surface area contributed by atoms with Gasteiger partial charge in [0.1, 0.15) is 12.7 Å². The van der Waals surface area contributed by atoms with E-state index >= 15 is 0 Å². The number of hydrogen-bond acceptors (Lipinski definition) is 5. The molecule has 32 heavy (non-hydrogen) atoms. The van der Waals surface area contributed by atoms with E-state index in [0.29, 0.717) is 18.9 Å². The molecule has 2 aromatic rings. The monoisotopic (exact) mass is 437 g/mol. The predicted molar refractivity (Wildman–Crippen MR) is 121 cm³/mol. The lowest BCUT2D eigenvalue weighted by Gasteiger charge is -2.40. The molecule has 1 aromatic heterocycles. The standard InChI is InChI=1S/C25H31N3O4/c29-16-22-25(32-17-24(31)28(22)15-19-6-3-13-26-14-19)20-8-10-21(11-9-20)27-23(30)12-7-18-4-1-2-5-18/h3,6,8-11,13-14,18,22,25,29H,1-2,4-5,7,12,15-17H2,(H,27,30)/t22-,25-/m1/s1. The highest BCUT2D eigenvalue weighted by atomic mass is 16.5. The Bertz CT molecular complexity index is 897. The van der Waals surface area contributed by atoms with E-state index in [2.05, 4.69) is 10.3 Å². The first-order valence-corrected chi connectivity index (χ1v) is 11.4. The highest BCUT2D eigenvalue weighted by Gasteiger charge is 2.37. The minimum absolute atomic E-state index is 0.0406. The van der Waals surface area contributed by atoms with Gasteiger partial charge in [0.2, 0.25) is 11.8 Å². The molecule has 4 rings (SSSR count). The second-order valence-electron chi connectivity index (χ2n) is 8.72. The van der Waals surface area contributed by atoms with Crippen molar-refractivity contribution in [1.29, 1.82) is 0 Å². The number of rotatable bonds is 8. The number of amides is 2. The van der Waals surface area contributed by atoms with Crippen LogP contribution >= 0.6 is 0 Å². The van der Waals surface area contributed by atoms with Crippen LogP contribution in [0.4, 0.5) is 5.69 Å². The minimum atomic E-state index is -0.497. The number of nitrogens with zero attached hydrogens (tertiary/aromatic N) is 2. The first-order chi connectivity index (χ1) is 15.6. The molecule has 1 aromatic carbocycles. The van der Waals surface area contributed by atoms with E-state index < -0.39 is 12.1 Å². The van der Waals surface area contributed by atoms with Gasteiger partial charge in [-0.05, 0) is 41.7 Å². The van der Waals surface area contributed by atoms with Gasteiger partial charge in [0.25, 0.3) is 0 Å². The Labute approximate surface area is 188 Å². The lowest BCUT2D eigenvalue weighted by molar-refractivity contribution is -0.162. The van der Waals surface area contributed by atoms with Crippen molar-refractivity contribution >= 4 is 17.5 Å². The molecule has 0 unspecified atom stereocenters. The topological polar surface area (TPSA) is 91.8 Å². The number of hydrogen-bond donors (Lipinski definition) is 2. The van der Waals surface area contributed by atoms with Gasteiger partial charge < -0.3 is 20.1 Å². The summed E-state index contributed by atoms with van der Waals surface area (Å²) in [5.74, 6) is 0.578. The van der Waals surface area contributed by atoms with Gasteiger partial charge in [-0.1, -0.05) is 43.9 Å². The van der Waals surface area contributed by atoms with E-state index in [9.17, 15) is 14.7 Å². The molecule has 0 bridgehead atoms. The molecule has 1 aliphatic heterocycles. The summed E-state index contributed by atoms with van der Waals surface area (Å²) < 4.78 is 5.81. The average Bonchev–Trinajstić information content (AvgIpc) is 3.34. The molecule has 0 spiro atoms. The van der Waals surface area contributed by atoms with Crippen LogP contribution < -0.4 is 5.32 Å². The van der Waals surface area contributed by atoms with Crippen molar-refractivity contribution < 1.29 is 19.4 Å². The zero-order chi connectivity index (χ0) is 22.3. The molecule has 1 saturated carbocycles. The fourth-order valence-electron chi connectivity index (χ4n) is 4.72. The first kappa shape index (κ1) is 22.4. The molecule has 2 amide bonds. The summed E-state index contributed by atoms with van der Waals surface area (Å²) in [6.07, 6.45) is 9.54. The van der Waals surface area contributed by atoms with Gasteiger partial charge in [-0.15, -0.1) is 0 Å². The fraction of sp³-hybridized carbons (Fsp3) is 0.480. The van der Waals surface area contributed by atoms with Crippen molar-refractivity contribution in [3.63, 3.8) is 0 Å². The Morgan fingerprint density at radius 2 is 1.97 bits per heavy atom. The van der Waals surface area contributed by atoms with Crippen LogP contribution in [0.3, 0.4) is 0 Å². The van der Waals surface area contributed by atoms with E-state index in [0.717, 1.165) is 23.2 Å². The number of carbonyl (C=O) groups excluding carboxylic acids is 2. The maximum absolute atomic E-state index is 12.5. The molecule has 2 fully saturated rings. The zero-order valence-corrected chi connectivity index (χ0v) is 18.3. The van der Waals surface area contributed by atoms with Crippen LogP contribution in [0.15, 0.2) is 48.8 Å². The van der Waals surface area contributed by atoms with Gasteiger partial charge >= 0.3 is 0 Å². The molecule has 1 saturated heterocycles. The molecule has 2 atom stereocenters. The van der Waals surface area contributed by atoms with Crippen LogP contribution in [0.1, 0.15) is 55.8 Å². The van der Waals surface area contributed by atoms with Crippen molar-refractivity contribution in [1.82, 2.24) is 9.88 Å². The number of ether oxygens (including phenoxy) is 1. The molecule has 7 nitrogen and oxygen atoms in total. The van der Waals surface area contributed by atoms with Crippen molar-refractivity contribution in [3.05, 3.63) is 59.9 Å². The number of nitrogens with one attached hydrogen (secondary N) is 1. The van der Waals surface area contributed by atoms with E-state index in [4.69, 9.17) is 4.74 Å². The fourth-order valence-corrected chi connectivity index (χ4v) is 4.72.